The Morgan fingerprint density at radius 1 is 1.53 bits per heavy atom. The third-order valence-corrected chi connectivity index (χ3v) is 3.06. The number of carbonyl (C=O) groups is 1. The van der Waals surface area contributed by atoms with Crippen molar-refractivity contribution in [3.8, 4) is 6.07 Å². The smallest absolute Gasteiger partial charge is 0.219 e. The maximum atomic E-state index is 11.2. The van der Waals surface area contributed by atoms with Crippen LogP contribution in [0.25, 0.3) is 0 Å². The van der Waals surface area contributed by atoms with E-state index in [-0.39, 0.29) is 11.9 Å². The Morgan fingerprint density at radius 2 is 2.24 bits per heavy atom. The first-order chi connectivity index (χ1) is 8.22. The minimum Gasteiger partial charge on any atom is -0.346 e. The predicted molar refractivity (Wildman–Crippen MR) is 60.8 cm³/mol. The molecule has 1 atom stereocenters. The molecule has 1 N–H and O–H groups in total. The van der Waals surface area contributed by atoms with Crippen LogP contribution in [0.4, 0.5) is 0 Å². The Morgan fingerprint density at radius 3 is 2.71 bits per heavy atom. The Hall–Kier alpha value is -1.87. The second-order valence-electron chi connectivity index (χ2n) is 4.08. The molecule has 1 unspecified atom stereocenters. The van der Waals surface area contributed by atoms with E-state index in [9.17, 15) is 10.1 Å². The van der Waals surface area contributed by atoms with Gasteiger partial charge in [0.05, 0.1) is 24.3 Å². The average Bonchev–Trinajstić information content (AvgIpc) is 2.84. The Labute approximate surface area is 99.8 Å². The van der Waals surface area contributed by atoms with Gasteiger partial charge in [-0.1, -0.05) is 0 Å². The molecule has 1 aromatic rings. The molecule has 6 heteroatoms. The molecule has 6 nitrogen and oxygen atoms in total. The summed E-state index contributed by atoms with van der Waals surface area (Å²) >= 11 is 0. The molecule has 2 heterocycles. The summed E-state index contributed by atoms with van der Waals surface area (Å²) in [6, 6.07) is 1.97. The molecular formula is C11H15N5O. The van der Waals surface area contributed by atoms with Crippen LogP contribution in [-0.2, 0) is 4.79 Å². The number of imidazole rings is 1. The topological polar surface area (TPSA) is 76.0 Å². The fraction of sp³-hybridized carbons (Fsp3) is 0.545. The van der Waals surface area contributed by atoms with Gasteiger partial charge in [-0.15, -0.1) is 0 Å². The van der Waals surface area contributed by atoms with E-state index in [4.69, 9.17) is 0 Å². The highest BCUT2D eigenvalue weighted by molar-refractivity contribution is 5.73. The van der Waals surface area contributed by atoms with Crippen molar-refractivity contribution in [3.63, 3.8) is 0 Å². The molecule has 1 aliphatic rings. The van der Waals surface area contributed by atoms with Crippen molar-refractivity contribution in [2.24, 2.45) is 0 Å². The highest BCUT2D eigenvalue weighted by Gasteiger charge is 2.26. The zero-order valence-electron chi connectivity index (χ0n) is 9.76. The summed E-state index contributed by atoms with van der Waals surface area (Å²) in [6.45, 7) is 4.38. The van der Waals surface area contributed by atoms with E-state index >= 15 is 0 Å². The van der Waals surface area contributed by atoms with Gasteiger partial charge in [0.25, 0.3) is 0 Å². The number of carbonyl (C=O) groups excluding carboxylic acids is 1. The second-order valence-corrected chi connectivity index (χ2v) is 4.08. The van der Waals surface area contributed by atoms with Crippen LogP contribution in [0, 0.1) is 11.3 Å². The maximum Gasteiger partial charge on any atom is 0.219 e. The number of piperazine rings is 1. The van der Waals surface area contributed by atoms with Gasteiger partial charge in [-0.25, -0.2) is 4.98 Å². The van der Waals surface area contributed by atoms with Crippen LogP contribution in [0.3, 0.4) is 0 Å². The summed E-state index contributed by atoms with van der Waals surface area (Å²) < 4.78 is 0. The number of rotatable bonds is 2. The SMILES string of the molecule is CC(=O)N1CCN(C(C#N)c2cnc[nH]2)CC1. The second kappa shape index (κ2) is 4.97. The number of amides is 1. The van der Waals surface area contributed by atoms with Gasteiger partial charge in [0.1, 0.15) is 6.04 Å². The van der Waals surface area contributed by atoms with Gasteiger partial charge in [-0.05, 0) is 0 Å². The minimum atomic E-state index is -0.299. The van der Waals surface area contributed by atoms with E-state index in [0.717, 1.165) is 18.8 Å². The van der Waals surface area contributed by atoms with Gasteiger partial charge >= 0.3 is 0 Å². The quantitative estimate of drug-likeness (QED) is 0.788. The van der Waals surface area contributed by atoms with E-state index in [0.29, 0.717) is 13.1 Å². The lowest BCUT2D eigenvalue weighted by atomic mass is 10.2. The number of hydrogen-bond donors (Lipinski definition) is 1. The Balaban J connectivity index is 2.00. The number of nitrogens with one attached hydrogen (secondary N) is 1. The van der Waals surface area contributed by atoms with Crippen LogP contribution >= 0.6 is 0 Å². The van der Waals surface area contributed by atoms with Gasteiger partial charge in [-0.3, -0.25) is 9.69 Å². The molecule has 17 heavy (non-hydrogen) atoms. The number of aromatic nitrogens is 2. The van der Waals surface area contributed by atoms with Crippen LogP contribution in [0.1, 0.15) is 18.7 Å². The molecule has 0 saturated carbocycles. The largest absolute Gasteiger partial charge is 0.346 e. The zero-order chi connectivity index (χ0) is 12.3. The molecule has 0 spiro atoms. The molecule has 1 amide bonds. The molecule has 1 aromatic heterocycles. The highest BCUT2D eigenvalue weighted by atomic mass is 16.2. The normalized spacial score (nSPS) is 18.7. The Kier molecular flexibility index (Phi) is 3.40. The van der Waals surface area contributed by atoms with Crippen molar-refractivity contribution in [2.45, 2.75) is 13.0 Å². The van der Waals surface area contributed by atoms with Crippen LogP contribution < -0.4 is 0 Å². The van der Waals surface area contributed by atoms with Gasteiger partial charge in [0.15, 0.2) is 0 Å². The van der Waals surface area contributed by atoms with Crippen LogP contribution in [-0.4, -0.2) is 51.9 Å². The lowest BCUT2D eigenvalue weighted by Crippen LogP contribution is -2.48. The summed E-state index contributed by atoms with van der Waals surface area (Å²) in [4.78, 5) is 22.0. The number of aromatic amines is 1. The van der Waals surface area contributed by atoms with Crippen molar-refractivity contribution in [3.05, 3.63) is 18.2 Å². The highest BCUT2D eigenvalue weighted by Crippen LogP contribution is 2.19. The lowest BCUT2D eigenvalue weighted by Gasteiger charge is -2.36. The first-order valence-corrected chi connectivity index (χ1v) is 5.60. The number of hydrogen-bond acceptors (Lipinski definition) is 4. The van der Waals surface area contributed by atoms with Crippen molar-refractivity contribution in [1.82, 2.24) is 19.8 Å². The van der Waals surface area contributed by atoms with E-state index in [1.165, 1.54) is 0 Å². The molecule has 1 aliphatic heterocycles. The van der Waals surface area contributed by atoms with Gasteiger partial charge in [-0.2, -0.15) is 5.26 Å². The molecule has 0 aromatic carbocycles. The van der Waals surface area contributed by atoms with E-state index in [2.05, 4.69) is 20.9 Å². The minimum absolute atomic E-state index is 0.0969. The van der Waals surface area contributed by atoms with Crippen LogP contribution in [0.2, 0.25) is 0 Å². The van der Waals surface area contributed by atoms with Crippen LogP contribution in [0.5, 0.6) is 0 Å². The molecule has 90 valence electrons. The standard InChI is InChI=1S/C11H15N5O/c1-9(17)15-2-4-16(5-3-15)11(6-12)10-7-13-8-14-10/h7-8,11H,2-5H2,1H3,(H,13,14). The molecular weight excluding hydrogens is 218 g/mol. The summed E-state index contributed by atoms with van der Waals surface area (Å²) in [7, 11) is 0. The average molecular weight is 233 g/mol. The van der Waals surface area contributed by atoms with E-state index in [1.807, 2.05) is 0 Å². The van der Waals surface area contributed by atoms with Gasteiger partial charge in [0, 0.05) is 33.1 Å². The summed E-state index contributed by atoms with van der Waals surface area (Å²) in [5, 5.41) is 9.21. The first kappa shape index (κ1) is 11.6. The third kappa shape index (κ3) is 2.45. The van der Waals surface area contributed by atoms with Crippen molar-refractivity contribution >= 4 is 5.91 Å². The van der Waals surface area contributed by atoms with Crippen LogP contribution in [0.15, 0.2) is 12.5 Å². The number of nitriles is 1. The first-order valence-electron chi connectivity index (χ1n) is 5.60. The van der Waals surface area contributed by atoms with Gasteiger partial charge < -0.3 is 9.88 Å². The monoisotopic (exact) mass is 233 g/mol. The van der Waals surface area contributed by atoms with E-state index in [1.54, 1.807) is 24.3 Å². The van der Waals surface area contributed by atoms with Crippen molar-refractivity contribution in [1.29, 1.82) is 5.26 Å². The fourth-order valence-corrected chi connectivity index (χ4v) is 2.06. The van der Waals surface area contributed by atoms with Gasteiger partial charge in [0.2, 0.25) is 5.91 Å². The number of nitrogens with zero attached hydrogens (tertiary/aromatic N) is 4. The summed E-state index contributed by atoms with van der Waals surface area (Å²) in [5.41, 5.74) is 0.809. The molecule has 1 fully saturated rings. The Bertz CT molecular complexity index is 414. The summed E-state index contributed by atoms with van der Waals surface area (Å²) in [6.07, 6.45) is 3.25. The number of H-pyrrole nitrogens is 1. The zero-order valence-corrected chi connectivity index (χ0v) is 9.76. The lowest BCUT2D eigenvalue weighted by molar-refractivity contribution is -0.130. The van der Waals surface area contributed by atoms with Crippen molar-refractivity contribution < 1.29 is 4.79 Å². The van der Waals surface area contributed by atoms with E-state index < -0.39 is 0 Å². The summed E-state index contributed by atoms with van der Waals surface area (Å²) in [5.74, 6) is 0.0969. The predicted octanol–water partition coefficient (Wildman–Crippen LogP) is 0.138. The fourth-order valence-electron chi connectivity index (χ4n) is 2.06. The molecule has 0 aliphatic carbocycles. The molecule has 2 rings (SSSR count). The molecule has 1 saturated heterocycles. The molecule has 0 radical (unpaired) electrons. The third-order valence-electron chi connectivity index (χ3n) is 3.06. The maximum absolute atomic E-state index is 11.2. The molecule has 0 bridgehead atoms. The van der Waals surface area contributed by atoms with Crippen molar-refractivity contribution in [2.75, 3.05) is 26.2 Å².